The van der Waals surface area contributed by atoms with Crippen LogP contribution in [-0.4, -0.2) is 54.8 Å². The Morgan fingerprint density at radius 3 is 2.88 bits per heavy atom. The highest BCUT2D eigenvalue weighted by Gasteiger charge is 2.36. The molecule has 1 aliphatic carbocycles. The number of rotatable bonds is 6. The van der Waals surface area contributed by atoms with Crippen molar-refractivity contribution in [2.24, 2.45) is 0 Å². The maximum absolute atomic E-state index is 12.8. The summed E-state index contributed by atoms with van der Waals surface area (Å²) >= 11 is 0. The number of aliphatic hydroxyl groups is 1. The van der Waals surface area contributed by atoms with Gasteiger partial charge in [0.1, 0.15) is 0 Å². The Hall–Kier alpha value is -3.00. The highest BCUT2D eigenvalue weighted by molar-refractivity contribution is 5.87. The minimum absolute atomic E-state index is 0.0702. The predicted molar refractivity (Wildman–Crippen MR) is 127 cm³/mol. The number of carbonyl (C=O) groups excluding carboxylic acids is 1. The van der Waals surface area contributed by atoms with Crippen LogP contribution in [0.25, 0.3) is 11.0 Å². The number of pyridine rings is 2. The lowest BCUT2D eigenvalue weighted by Crippen LogP contribution is -2.39. The van der Waals surface area contributed by atoms with Gasteiger partial charge in [0.05, 0.1) is 29.6 Å². The van der Waals surface area contributed by atoms with Crippen molar-refractivity contribution >= 4 is 22.8 Å². The highest BCUT2D eigenvalue weighted by atomic mass is 16.3. The van der Waals surface area contributed by atoms with Gasteiger partial charge in [-0.05, 0) is 50.5 Å². The molecule has 33 heavy (non-hydrogen) atoms. The molecule has 8 nitrogen and oxygen atoms in total. The van der Waals surface area contributed by atoms with Gasteiger partial charge in [-0.25, -0.2) is 4.98 Å². The van der Waals surface area contributed by atoms with E-state index in [0.29, 0.717) is 13.1 Å². The fourth-order valence-electron chi connectivity index (χ4n) is 5.16. The number of amides is 1. The number of aromatic amines is 1. The normalized spacial score (nSPS) is 20.3. The van der Waals surface area contributed by atoms with Crippen LogP contribution in [0.4, 0.5) is 5.82 Å². The van der Waals surface area contributed by atoms with Crippen molar-refractivity contribution in [2.75, 3.05) is 18.4 Å². The topological polar surface area (TPSA) is 107 Å². The predicted octanol–water partition coefficient (Wildman–Crippen LogP) is 3.67. The van der Waals surface area contributed by atoms with Crippen LogP contribution >= 0.6 is 0 Å². The van der Waals surface area contributed by atoms with Crippen LogP contribution < -0.4 is 5.32 Å². The molecule has 174 valence electrons. The fraction of sp³-hybridized carbons (Fsp3) is 0.520. The summed E-state index contributed by atoms with van der Waals surface area (Å²) in [5.41, 5.74) is 2.87. The molecule has 1 aliphatic heterocycles. The average molecular weight is 449 g/mol. The summed E-state index contributed by atoms with van der Waals surface area (Å²) < 4.78 is 0. The van der Waals surface area contributed by atoms with E-state index < -0.39 is 5.60 Å². The zero-order valence-corrected chi connectivity index (χ0v) is 19.2. The van der Waals surface area contributed by atoms with Crippen LogP contribution in [0.1, 0.15) is 67.9 Å². The molecule has 3 aromatic heterocycles. The number of nitrogens with zero attached hydrogens (tertiary/aromatic N) is 4. The van der Waals surface area contributed by atoms with E-state index in [2.05, 4.69) is 20.5 Å². The number of nitrogens with one attached hydrogen (secondary N) is 2. The van der Waals surface area contributed by atoms with Gasteiger partial charge in [-0.3, -0.25) is 14.9 Å². The van der Waals surface area contributed by atoms with Crippen LogP contribution in [-0.2, 0) is 11.3 Å². The van der Waals surface area contributed by atoms with Crippen LogP contribution in [0, 0.1) is 6.92 Å². The average Bonchev–Trinajstić information content (AvgIpc) is 3.45. The fourth-order valence-corrected chi connectivity index (χ4v) is 5.16. The maximum Gasteiger partial charge on any atom is 0.225 e. The van der Waals surface area contributed by atoms with E-state index in [4.69, 9.17) is 4.98 Å². The Morgan fingerprint density at radius 2 is 2.06 bits per heavy atom. The van der Waals surface area contributed by atoms with Gasteiger partial charge in [0.15, 0.2) is 11.5 Å². The second-order valence-electron chi connectivity index (χ2n) is 9.62. The number of aromatic nitrogens is 4. The Balaban J connectivity index is 1.22. The second-order valence-corrected chi connectivity index (χ2v) is 9.62. The first-order chi connectivity index (χ1) is 16.0. The molecule has 3 N–H and O–H groups in total. The van der Waals surface area contributed by atoms with E-state index in [1.807, 2.05) is 42.2 Å². The molecule has 8 heteroatoms. The summed E-state index contributed by atoms with van der Waals surface area (Å²) in [7, 11) is 0. The molecule has 4 heterocycles. The highest BCUT2D eigenvalue weighted by Crippen LogP contribution is 2.33. The van der Waals surface area contributed by atoms with E-state index in [9.17, 15) is 9.90 Å². The van der Waals surface area contributed by atoms with Crippen molar-refractivity contribution in [3.63, 3.8) is 0 Å². The molecule has 1 saturated carbocycles. The largest absolute Gasteiger partial charge is 0.389 e. The molecule has 0 spiro atoms. The third-order valence-corrected chi connectivity index (χ3v) is 7.05. The smallest absolute Gasteiger partial charge is 0.225 e. The van der Waals surface area contributed by atoms with Crippen molar-refractivity contribution in [3.05, 3.63) is 47.4 Å². The van der Waals surface area contributed by atoms with Crippen molar-refractivity contribution in [1.82, 2.24) is 25.1 Å². The zero-order chi connectivity index (χ0) is 22.8. The molecule has 2 fully saturated rings. The number of hydrogen-bond acceptors (Lipinski definition) is 6. The number of aryl methyl sites for hydroxylation is 1. The van der Waals surface area contributed by atoms with Crippen molar-refractivity contribution in [3.8, 4) is 0 Å². The second kappa shape index (κ2) is 9.09. The van der Waals surface area contributed by atoms with Crippen LogP contribution in [0.2, 0.25) is 0 Å². The number of anilines is 1. The van der Waals surface area contributed by atoms with Crippen molar-refractivity contribution in [2.45, 2.75) is 69.9 Å². The Labute approximate surface area is 193 Å². The number of hydrogen-bond donors (Lipinski definition) is 3. The first-order valence-electron chi connectivity index (χ1n) is 12.0. The Kier molecular flexibility index (Phi) is 6.01. The lowest BCUT2D eigenvalue weighted by molar-refractivity contribution is -0.136. The first kappa shape index (κ1) is 21.8. The summed E-state index contributed by atoms with van der Waals surface area (Å²) in [6.07, 6.45) is 5.80. The van der Waals surface area contributed by atoms with Crippen molar-refractivity contribution in [1.29, 1.82) is 0 Å². The molecule has 0 bridgehead atoms. The Bertz CT molecular complexity index is 1140. The van der Waals surface area contributed by atoms with Gasteiger partial charge in [0, 0.05) is 30.4 Å². The minimum Gasteiger partial charge on any atom is -0.389 e. The van der Waals surface area contributed by atoms with Gasteiger partial charge in [0.2, 0.25) is 5.91 Å². The molecule has 3 aromatic rings. The van der Waals surface area contributed by atoms with Crippen LogP contribution in [0.5, 0.6) is 0 Å². The SMILES string of the molecule is Cc1cccc(CNc2n[nH]c3nc([C@H]4CCN(C(=O)CC5(O)CCCCC5)C4)ccc23)n1. The molecule has 1 amide bonds. The Morgan fingerprint density at radius 1 is 1.21 bits per heavy atom. The number of likely N-dealkylation sites (tertiary alicyclic amines) is 1. The van der Waals surface area contributed by atoms with Crippen LogP contribution in [0.3, 0.4) is 0 Å². The molecule has 5 rings (SSSR count). The first-order valence-corrected chi connectivity index (χ1v) is 12.0. The van der Waals surface area contributed by atoms with Crippen LogP contribution in [0.15, 0.2) is 30.3 Å². The summed E-state index contributed by atoms with van der Waals surface area (Å²) in [4.78, 5) is 24.1. The summed E-state index contributed by atoms with van der Waals surface area (Å²) in [6.45, 7) is 3.95. The molecular formula is C25H32N6O2. The summed E-state index contributed by atoms with van der Waals surface area (Å²) in [5, 5.41) is 22.5. The molecule has 0 unspecified atom stereocenters. The summed E-state index contributed by atoms with van der Waals surface area (Å²) in [5.74, 6) is 1.03. The lowest BCUT2D eigenvalue weighted by atomic mass is 9.82. The lowest BCUT2D eigenvalue weighted by Gasteiger charge is -2.32. The monoisotopic (exact) mass is 448 g/mol. The molecular weight excluding hydrogens is 416 g/mol. The van der Waals surface area contributed by atoms with E-state index in [-0.39, 0.29) is 18.2 Å². The van der Waals surface area contributed by atoms with Crippen molar-refractivity contribution < 1.29 is 9.90 Å². The maximum atomic E-state index is 12.8. The van der Waals surface area contributed by atoms with Gasteiger partial charge in [0.25, 0.3) is 0 Å². The molecule has 1 atom stereocenters. The quantitative estimate of drug-likeness (QED) is 0.531. The van der Waals surface area contributed by atoms with E-state index in [0.717, 1.165) is 79.0 Å². The van der Waals surface area contributed by atoms with Gasteiger partial charge in [-0.1, -0.05) is 25.3 Å². The molecule has 1 saturated heterocycles. The minimum atomic E-state index is -0.808. The van der Waals surface area contributed by atoms with Gasteiger partial charge < -0.3 is 15.3 Å². The van der Waals surface area contributed by atoms with Gasteiger partial charge >= 0.3 is 0 Å². The van der Waals surface area contributed by atoms with E-state index in [1.54, 1.807) is 0 Å². The molecule has 0 radical (unpaired) electrons. The summed E-state index contributed by atoms with van der Waals surface area (Å²) in [6, 6.07) is 10.1. The van der Waals surface area contributed by atoms with E-state index >= 15 is 0 Å². The van der Waals surface area contributed by atoms with E-state index in [1.165, 1.54) is 0 Å². The third-order valence-electron chi connectivity index (χ3n) is 7.05. The van der Waals surface area contributed by atoms with Gasteiger partial charge in [-0.2, -0.15) is 5.10 Å². The zero-order valence-electron chi connectivity index (χ0n) is 19.2. The molecule has 0 aromatic carbocycles. The number of fused-ring (bicyclic) bond motifs is 1. The number of H-pyrrole nitrogens is 1. The van der Waals surface area contributed by atoms with Gasteiger partial charge in [-0.15, -0.1) is 0 Å². The third kappa shape index (κ3) is 4.85. The standard InChI is InChI=1S/C25H32N6O2/c1-17-6-5-7-19(27-17)15-26-23-20-8-9-21(28-24(20)30-29-23)18-10-13-31(16-18)22(32)14-25(33)11-3-2-4-12-25/h5-9,18,33H,2-4,10-16H2,1H3,(H2,26,28,29,30)/t18-/m0/s1. The molecule has 2 aliphatic rings. The number of carbonyl (C=O) groups is 1.